The van der Waals surface area contributed by atoms with E-state index >= 15 is 0 Å². The molecule has 19 heteroatoms. The maximum Gasteiger partial charge on any atom is 0.410 e. The van der Waals surface area contributed by atoms with Crippen LogP contribution in [-0.2, 0) is 18.9 Å². The topological polar surface area (TPSA) is 174 Å². The molecule has 0 aromatic rings. The second kappa shape index (κ2) is 28.1. The van der Waals surface area contributed by atoms with Crippen molar-refractivity contribution < 1.29 is 48.3 Å². The maximum atomic E-state index is 12.6. The molecule has 2 fully saturated rings. The fraction of sp³-hybridized carbons (Fsp3) is 0.897. The highest BCUT2D eigenvalue weighted by atomic mass is 79.9. The smallest absolute Gasteiger partial charge is 0.410 e. The third-order valence-corrected chi connectivity index (χ3v) is 9.62. The number of carbonyl (C=O) groups excluding carboxylic acids is 4. The Morgan fingerprint density at radius 2 is 0.724 bits per heavy atom. The molecule has 3 N–H and O–H groups in total. The number of nitrogens with one attached hydrogen (secondary N) is 1. The molecule has 2 aliphatic heterocycles. The normalized spacial score (nSPS) is 17.1. The molecule has 16 nitrogen and oxygen atoms in total. The summed E-state index contributed by atoms with van der Waals surface area (Å²) in [5, 5.41) is 23.6. The van der Waals surface area contributed by atoms with Crippen molar-refractivity contribution in [3.05, 3.63) is 0 Å². The van der Waals surface area contributed by atoms with E-state index in [-0.39, 0.29) is 25.7 Å². The molecule has 0 aliphatic carbocycles. The molecular weight excluding hydrogens is 952 g/mol. The Hall–Kier alpha value is -1.64. The molecule has 4 amide bonds. The number of rotatable bonds is 5. The number of β-amino-alcohol motifs (C(OH)–C–C–N with tert-alkyl or cyclic N) is 1. The SMILES string of the molecule is C.CC(C)(C)OC(=O)N1CCN(CC(O)CBr)CCN(C(=O)OC(C)(C)C)CC1.CC(C)(C)OC(=O)N1CCNCCN(C(=O)OC(C)(C)C)CC1.OC(CBr)CBr. The monoisotopic (exact) mass is 1030 g/mol. The van der Waals surface area contributed by atoms with Crippen LogP contribution in [0.3, 0.4) is 0 Å². The maximum absolute atomic E-state index is 12.6. The molecule has 1 unspecified atom stereocenters. The zero-order valence-corrected chi connectivity index (χ0v) is 41.3. The minimum atomic E-state index is -0.591. The number of nitrogens with zero attached hydrogens (tertiary/aromatic N) is 5. The van der Waals surface area contributed by atoms with Crippen LogP contribution in [0.15, 0.2) is 0 Å². The third kappa shape index (κ3) is 29.6. The van der Waals surface area contributed by atoms with Gasteiger partial charge in [0.05, 0.1) is 12.2 Å². The van der Waals surface area contributed by atoms with Gasteiger partial charge in [-0.3, -0.25) is 4.90 Å². The molecule has 0 aromatic heterocycles. The zero-order chi connectivity index (χ0) is 44.2. The van der Waals surface area contributed by atoms with E-state index in [0.29, 0.717) is 101 Å². The van der Waals surface area contributed by atoms with Crippen LogP contribution in [0, 0.1) is 0 Å². The predicted molar refractivity (Wildman–Crippen MR) is 241 cm³/mol. The van der Waals surface area contributed by atoms with Crippen LogP contribution in [0.5, 0.6) is 0 Å². The summed E-state index contributed by atoms with van der Waals surface area (Å²) in [6.45, 7) is 28.6. The molecule has 0 radical (unpaired) electrons. The summed E-state index contributed by atoms with van der Waals surface area (Å²) in [6, 6.07) is 0. The van der Waals surface area contributed by atoms with Crippen LogP contribution in [0.1, 0.15) is 90.5 Å². The van der Waals surface area contributed by atoms with Gasteiger partial charge in [-0.1, -0.05) is 55.2 Å². The summed E-state index contributed by atoms with van der Waals surface area (Å²) in [4.78, 5) is 58.1. The highest BCUT2D eigenvalue weighted by Gasteiger charge is 2.29. The lowest BCUT2D eigenvalue weighted by Gasteiger charge is -2.30. The lowest BCUT2D eigenvalue weighted by atomic mass is 10.2. The Morgan fingerprint density at radius 3 is 0.948 bits per heavy atom. The van der Waals surface area contributed by atoms with E-state index in [9.17, 15) is 24.3 Å². The molecule has 58 heavy (non-hydrogen) atoms. The van der Waals surface area contributed by atoms with Crippen molar-refractivity contribution in [2.75, 3.05) is 101 Å². The molecule has 0 spiro atoms. The fourth-order valence-electron chi connectivity index (χ4n) is 4.73. The van der Waals surface area contributed by atoms with Crippen LogP contribution < -0.4 is 5.32 Å². The van der Waals surface area contributed by atoms with Gasteiger partial charge in [0.25, 0.3) is 0 Å². The average molecular weight is 1030 g/mol. The van der Waals surface area contributed by atoms with Crippen molar-refractivity contribution in [3.63, 3.8) is 0 Å². The zero-order valence-electron chi connectivity index (χ0n) is 36.5. The highest BCUT2D eigenvalue weighted by Crippen LogP contribution is 2.15. The molecule has 2 aliphatic rings. The first-order valence-corrected chi connectivity index (χ1v) is 22.8. The first kappa shape index (κ1) is 58.5. The van der Waals surface area contributed by atoms with Crippen molar-refractivity contribution in [1.29, 1.82) is 0 Å². The van der Waals surface area contributed by atoms with Crippen molar-refractivity contribution in [2.24, 2.45) is 0 Å². The molecule has 344 valence electrons. The highest BCUT2D eigenvalue weighted by molar-refractivity contribution is 9.10. The van der Waals surface area contributed by atoms with Crippen molar-refractivity contribution in [2.45, 2.75) is 125 Å². The van der Waals surface area contributed by atoms with Gasteiger partial charge in [-0.05, 0) is 83.1 Å². The number of carbonyl (C=O) groups is 4. The van der Waals surface area contributed by atoms with E-state index in [4.69, 9.17) is 24.1 Å². The molecule has 0 bridgehead atoms. The summed E-state index contributed by atoms with van der Waals surface area (Å²) in [7, 11) is 0. The van der Waals surface area contributed by atoms with Gasteiger partial charge in [0.2, 0.25) is 0 Å². The molecule has 2 rings (SSSR count). The summed E-state index contributed by atoms with van der Waals surface area (Å²) < 4.78 is 21.8. The second-order valence-electron chi connectivity index (χ2n) is 17.7. The average Bonchev–Trinajstić information content (AvgIpc) is 3.25. The molecule has 2 heterocycles. The van der Waals surface area contributed by atoms with Gasteiger partial charge < -0.3 is 54.1 Å². The van der Waals surface area contributed by atoms with Crippen molar-refractivity contribution >= 4 is 72.2 Å². The van der Waals surface area contributed by atoms with Gasteiger partial charge in [-0.15, -0.1) is 0 Å². The van der Waals surface area contributed by atoms with Gasteiger partial charge in [0.1, 0.15) is 22.4 Å². The van der Waals surface area contributed by atoms with E-state index < -0.39 is 40.7 Å². The Bertz CT molecular complexity index is 1110. The van der Waals surface area contributed by atoms with Crippen LogP contribution >= 0.6 is 47.8 Å². The van der Waals surface area contributed by atoms with E-state index in [1.807, 2.05) is 88.0 Å². The van der Waals surface area contributed by atoms with Gasteiger partial charge in [0, 0.05) is 101 Å². The number of hydrogen-bond acceptors (Lipinski definition) is 12. The summed E-state index contributed by atoms with van der Waals surface area (Å²) >= 11 is 9.47. The van der Waals surface area contributed by atoms with Gasteiger partial charge >= 0.3 is 24.4 Å². The Kier molecular flexibility index (Phi) is 28.3. The Labute approximate surface area is 374 Å². The summed E-state index contributed by atoms with van der Waals surface area (Å²) in [6.07, 6.45) is -2.27. The molecule has 2 saturated heterocycles. The van der Waals surface area contributed by atoms with Crippen molar-refractivity contribution in [1.82, 2.24) is 29.8 Å². The van der Waals surface area contributed by atoms with E-state index in [1.165, 1.54) is 0 Å². The molecule has 0 aromatic carbocycles. The van der Waals surface area contributed by atoms with Crippen LogP contribution in [-0.4, -0.2) is 195 Å². The number of amides is 4. The minimum absolute atomic E-state index is 0. The molecule has 1 atom stereocenters. The van der Waals surface area contributed by atoms with Crippen LogP contribution in [0.25, 0.3) is 0 Å². The summed E-state index contributed by atoms with van der Waals surface area (Å²) in [5.41, 5.74) is -2.25. The first-order valence-electron chi connectivity index (χ1n) is 19.5. The van der Waals surface area contributed by atoms with Gasteiger partial charge in [-0.2, -0.15) is 0 Å². The molecule has 0 saturated carbocycles. The number of alkyl halides is 3. The number of aliphatic hydroxyl groups is 2. The largest absolute Gasteiger partial charge is 0.444 e. The standard InChI is InChI=1S/C19H36BrN3O5.C16H31N3O4.C3H6Br2O.CH4/c1-18(2,3)27-16(25)22-9-7-21(14-15(24)13-20)8-10-23(12-11-22)17(26)28-19(4,5)6;1-15(2,3)22-13(20)18-9-7-17-8-10-19(12-11-18)14(21)23-16(4,5)6;4-1-3(6)2-5;/h15,24H,7-14H2,1-6H3;17H,7-12H2,1-6H3;3,6H,1-2H2;1H4. The lowest BCUT2D eigenvalue weighted by Crippen LogP contribution is -2.44. The van der Waals surface area contributed by atoms with Gasteiger partial charge in [-0.25, -0.2) is 19.2 Å². The minimum Gasteiger partial charge on any atom is -0.444 e. The summed E-state index contributed by atoms with van der Waals surface area (Å²) in [5.74, 6) is 0. The van der Waals surface area contributed by atoms with E-state index in [1.54, 1.807) is 19.6 Å². The first-order chi connectivity index (χ1) is 26.1. The number of ether oxygens (including phenoxy) is 4. The van der Waals surface area contributed by atoms with Crippen molar-refractivity contribution in [3.8, 4) is 0 Å². The van der Waals surface area contributed by atoms with Gasteiger partial charge in [0.15, 0.2) is 0 Å². The molecular formula is C39H77Br3N6O10. The Morgan fingerprint density at radius 1 is 0.483 bits per heavy atom. The number of hydrogen-bond donors (Lipinski definition) is 3. The van der Waals surface area contributed by atoms with Crippen LogP contribution in [0.4, 0.5) is 19.2 Å². The van der Waals surface area contributed by atoms with Crippen LogP contribution in [0.2, 0.25) is 0 Å². The lowest BCUT2D eigenvalue weighted by molar-refractivity contribution is 0.0154. The Balaban J connectivity index is 0. The second-order valence-corrected chi connectivity index (χ2v) is 19.6. The fourth-order valence-corrected chi connectivity index (χ4v) is 6.00. The number of halogens is 3. The number of aliphatic hydroxyl groups excluding tert-OH is 2. The quantitative estimate of drug-likeness (QED) is 0.206. The van der Waals surface area contributed by atoms with E-state index in [0.717, 1.165) is 0 Å². The van der Waals surface area contributed by atoms with E-state index in [2.05, 4.69) is 53.1 Å². The third-order valence-electron chi connectivity index (χ3n) is 7.38. The predicted octanol–water partition coefficient (Wildman–Crippen LogP) is 6.37.